The van der Waals surface area contributed by atoms with Gasteiger partial charge in [-0.25, -0.2) is 0 Å². The van der Waals surface area contributed by atoms with Crippen LogP contribution in [0.2, 0.25) is 0 Å². The minimum atomic E-state index is 0.714. The lowest BCUT2D eigenvalue weighted by Crippen LogP contribution is -2.19. The van der Waals surface area contributed by atoms with Gasteiger partial charge in [-0.2, -0.15) is 0 Å². The van der Waals surface area contributed by atoms with Gasteiger partial charge in [-0.1, -0.05) is 45.0 Å². The third-order valence-electron chi connectivity index (χ3n) is 5.56. The molecular formula is C26H32O2. The van der Waals surface area contributed by atoms with Gasteiger partial charge >= 0.3 is 0 Å². The third-order valence-corrected chi connectivity index (χ3v) is 5.56. The van der Waals surface area contributed by atoms with Gasteiger partial charge in [0.2, 0.25) is 0 Å². The summed E-state index contributed by atoms with van der Waals surface area (Å²) in [6.45, 7) is 6.00. The second-order valence-electron chi connectivity index (χ2n) is 7.75. The fourth-order valence-corrected chi connectivity index (χ4v) is 3.65. The minimum Gasteiger partial charge on any atom is -0.494 e. The molecule has 0 bridgehead atoms. The first-order chi connectivity index (χ1) is 13.8. The van der Waals surface area contributed by atoms with E-state index in [4.69, 9.17) is 9.47 Å². The Hall–Kier alpha value is -2.40. The molecule has 0 amide bonds. The molecule has 0 aromatic heterocycles. The van der Waals surface area contributed by atoms with Crippen LogP contribution in [0.25, 0.3) is 0 Å². The summed E-state index contributed by atoms with van der Waals surface area (Å²) in [7, 11) is 0. The molecule has 2 aromatic carbocycles. The molecule has 28 heavy (non-hydrogen) atoms. The highest BCUT2D eigenvalue weighted by Crippen LogP contribution is 2.31. The summed E-state index contributed by atoms with van der Waals surface area (Å²) >= 11 is 0. The molecule has 0 saturated heterocycles. The maximum atomic E-state index is 6.02. The van der Waals surface area contributed by atoms with Crippen LogP contribution >= 0.6 is 0 Å². The minimum absolute atomic E-state index is 0.714. The monoisotopic (exact) mass is 376 g/mol. The Morgan fingerprint density at radius 3 is 1.71 bits per heavy atom. The van der Waals surface area contributed by atoms with Gasteiger partial charge in [0.25, 0.3) is 0 Å². The molecule has 1 aliphatic carbocycles. The van der Waals surface area contributed by atoms with Crippen molar-refractivity contribution >= 4 is 0 Å². The molecule has 0 N–H and O–H groups in total. The Bertz CT molecular complexity index is 757. The Kier molecular flexibility index (Phi) is 7.85. The molecule has 0 radical (unpaired) electrons. The van der Waals surface area contributed by atoms with E-state index in [0.717, 1.165) is 48.2 Å². The molecule has 2 heteroatoms. The molecule has 3 rings (SSSR count). The molecule has 148 valence electrons. The van der Waals surface area contributed by atoms with Crippen molar-refractivity contribution in [3.63, 3.8) is 0 Å². The fraction of sp³-hybridized carbons (Fsp3) is 0.462. The van der Waals surface area contributed by atoms with Gasteiger partial charge in [0.15, 0.2) is 0 Å². The summed E-state index contributed by atoms with van der Waals surface area (Å²) in [5.74, 6) is 9.93. The van der Waals surface area contributed by atoms with Gasteiger partial charge in [0, 0.05) is 11.1 Å². The van der Waals surface area contributed by atoms with Gasteiger partial charge in [-0.15, -0.1) is 0 Å². The third kappa shape index (κ3) is 6.34. The first kappa shape index (κ1) is 20.3. The van der Waals surface area contributed by atoms with Gasteiger partial charge < -0.3 is 9.47 Å². The van der Waals surface area contributed by atoms with E-state index in [1.165, 1.54) is 32.1 Å². The average molecular weight is 377 g/mol. The van der Waals surface area contributed by atoms with Gasteiger partial charge in [-0.05, 0) is 79.6 Å². The Balaban J connectivity index is 1.47. The zero-order valence-corrected chi connectivity index (χ0v) is 17.2. The molecule has 2 nitrogen and oxygen atoms in total. The standard InChI is InChI=1S/C26H32O2/c1-3-19-27-25-15-11-22(12-16-25)7-8-23-13-17-26(18-14-23)28-20-24-9-5-21(4-2)6-10-24/h11-18,21,24H,3-6,9-10,19-20H2,1-2H3/t21-,24-. The predicted octanol–water partition coefficient (Wildman–Crippen LogP) is 6.47. The summed E-state index contributed by atoms with van der Waals surface area (Å²) in [4.78, 5) is 0. The molecule has 0 atom stereocenters. The van der Waals surface area contributed by atoms with Crippen LogP contribution in [0.15, 0.2) is 48.5 Å². The van der Waals surface area contributed by atoms with Crippen molar-refractivity contribution in [2.24, 2.45) is 11.8 Å². The SMILES string of the molecule is CCCOc1ccc(C#Cc2ccc(OC[C@H]3CC[C@H](CC)CC3)cc2)cc1. The smallest absolute Gasteiger partial charge is 0.119 e. The van der Waals surface area contributed by atoms with Crippen LogP contribution in [0.4, 0.5) is 0 Å². The van der Waals surface area contributed by atoms with Crippen molar-refractivity contribution in [2.45, 2.75) is 52.4 Å². The van der Waals surface area contributed by atoms with E-state index in [1.807, 2.05) is 48.5 Å². The number of ether oxygens (including phenoxy) is 2. The Labute approximate surface area is 170 Å². The van der Waals surface area contributed by atoms with Crippen LogP contribution in [0.5, 0.6) is 11.5 Å². The zero-order chi connectivity index (χ0) is 19.6. The van der Waals surface area contributed by atoms with Gasteiger partial charge in [0.05, 0.1) is 13.2 Å². The van der Waals surface area contributed by atoms with Crippen molar-refractivity contribution < 1.29 is 9.47 Å². The fourth-order valence-electron chi connectivity index (χ4n) is 3.65. The van der Waals surface area contributed by atoms with E-state index >= 15 is 0 Å². The van der Waals surface area contributed by atoms with Crippen LogP contribution in [0.1, 0.15) is 63.5 Å². The summed E-state index contributed by atoms with van der Waals surface area (Å²) < 4.78 is 11.6. The highest BCUT2D eigenvalue weighted by Gasteiger charge is 2.20. The first-order valence-corrected chi connectivity index (χ1v) is 10.7. The molecule has 0 aliphatic heterocycles. The topological polar surface area (TPSA) is 18.5 Å². The van der Waals surface area contributed by atoms with Crippen molar-refractivity contribution in [1.82, 2.24) is 0 Å². The van der Waals surface area contributed by atoms with Gasteiger partial charge in [-0.3, -0.25) is 0 Å². The summed E-state index contributed by atoms with van der Waals surface area (Å²) in [5, 5.41) is 0. The lowest BCUT2D eigenvalue weighted by Gasteiger charge is -2.27. The van der Waals surface area contributed by atoms with Crippen LogP contribution in [-0.4, -0.2) is 13.2 Å². The van der Waals surface area contributed by atoms with E-state index in [9.17, 15) is 0 Å². The molecule has 0 spiro atoms. The van der Waals surface area contributed by atoms with E-state index < -0.39 is 0 Å². The average Bonchev–Trinajstić information content (AvgIpc) is 2.76. The molecular weight excluding hydrogens is 344 g/mol. The molecule has 1 fully saturated rings. The van der Waals surface area contributed by atoms with E-state index in [2.05, 4.69) is 25.7 Å². The number of benzene rings is 2. The Morgan fingerprint density at radius 2 is 1.21 bits per heavy atom. The van der Waals surface area contributed by atoms with Crippen molar-refractivity contribution in [1.29, 1.82) is 0 Å². The number of hydrogen-bond acceptors (Lipinski definition) is 2. The Morgan fingerprint density at radius 1 is 0.714 bits per heavy atom. The lowest BCUT2D eigenvalue weighted by atomic mass is 9.81. The van der Waals surface area contributed by atoms with Crippen molar-refractivity contribution in [3.8, 4) is 23.3 Å². The highest BCUT2D eigenvalue weighted by atomic mass is 16.5. The van der Waals surface area contributed by atoms with E-state index in [1.54, 1.807) is 0 Å². The quantitative estimate of drug-likeness (QED) is 0.516. The molecule has 0 unspecified atom stereocenters. The number of hydrogen-bond donors (Lipinski definition) is 0. The number of rotatable bonds is 7. The van der Waals surface area contributed by atoms with E-state index in [-0.39, 0.29) is 0 Å². The molecule has 1 saturated carbocycles. The summed E-state index contributed by atoms with van der Waals surface area (Å²) in [5.41, 5.74) is 1.99. The second kappa shape index (κ2) is 10.8. The van der Waals surface area contributed by atoms with Gasteiger partial charge in [0.1, 0.15) is 11.5 Å². The van der Waals surface area contributed by atoms with Crippen LogP contribution in [-0.2, 0) is 0 Å². The lowest BCUT2D eigenvalue weighted by molar-refractivity contribution is 0.181. The second-order valence-corrected chi connectivity index (χ2v) is 7.75. The zero-order valence-electron chi connectivity index (χ0n) is 17.2. The van der Waals surface area contributed by atoms with E-state index in [0.29, 0.717) is 5.92 Å². The maximum absolute atomic E-state index is 6.02. The first-order valence-electron chi connectivity index (χ1n) is 10.7. The summed E-state index contributed by atoms with van der Waals surface area (Å²) in [6, 6.07) is 16.1. The molecule has 1 aliphatic rings. The highest BCUT2D eigenvalue weighted by molar-refractivity contribution is 5.45. The predicted molar refractivity (Wildman–Crippen MR) is 116 cm³/mol. The largest absolute Gasteiger partial charge is 0.494 e. The normalized spacial score (nSPS) is 18.8. The van der Waals surface area contributed by atoms with Crippen LogP contribution in [0.3, 0.4) is 0 Å². The van der Waals surface area contributed by atoms with Crippen molar-refractivity contribution in [3.05, 3.63) is 59.7 Å². The maximum Gasteiger partial charge on any atom is 0.119 e. The van der Waals surface area contributed by atoms with Crippen LogP contribution < -0.4 is 9.47 Å². The molecule has 0 heterocycles. The molecule has 2 aromatic rings. The van der Waals surface area contributed by atoms with Crippen LogP contribution in [0, 0.1) is 23.7 Å². The summed E-state index contributed by atoms with van der Waals surface area (Å²) in [6.07, 6.45) is 7.69. The van der Waals surface area contributed by atoms with Crippen molar-refractivity contribution in [2.75, 3.05) is 13.2 Å².